The molecule has 3 N–H and O–H groups in total. The van der Waals surface area contributed by atoms with Gasteiger partial charge in [-0.05, 0) is 29.1 Å². The fourth-order valence-electron chi connectivity index (χ4n) is 1.88. The highest BCUT2D eigenvalue weighted by Gasteiger charge is 2.10. The molecule has 1 aromatic carbocycles. The molecule has 0 atom stereocenters. The van der Waals surface area contributed by atoms with Crippen LogP contribution in [0.15, 0.2) is 46.1 Å². The normalized spacial score (nSPS) is 10.4. The predicted octanol–water partition coefficient (Wildman–Crippen LogP) is 2.90. The maximum absolute atomic E-state index is 12.9. The van der Waals surface area contributed by atoms with Gasteiger partial charge in [0.2, 0.25) is 11.0 Å². The van der Waals surface area contributed by atoms with Crippen LogP contribution in [0.2, 0.25) is 0 Å². The van der Waals surface area contributed by atoms with E-state index in [0.717, 1.165) is 5.56 Å². The SMILES string of the molecule is O=C(CSc1nnc(NCc2ccc(F)cc2)s1)NNC(=O)c1cccs1. The minimum atomic E-state index is -0.355. The summed E-state index contributed by atoms with van der Waals surface area (Å²) < 4.78 is 13.5. The lowest BCUT2D eigenvalue weighted by molar-refractivity contribution is -0.119. The number of rotatable bonds is 7. The molecule has 3 aromatic rings. The molecule has 0 spiro atoms. The lowest BCUT2D eigenvalue weighted by Crippen LogP contribution is -2.42. The van der Waals surface area contributed by atoms with E-state index in [-0.39, 0.29) is 23.4 Å². The molecule has 27 heavy (non-hydrogen) atoms. The van der Waals surface area contributed by atoms with E-state index < -0.39 is 0 Å². The maximum Gasteiger partial charge on any atom is 0.279 e. The first-order valence-corrected chi connectivity index (χ1v) is 10.4. The topological polar surface area (TPSA) is 96.0 Å². The molecule has 0 aliphatic heterocycles. The first-order chi connectivity index (χ1) is 13.1. The fraction of sp³-hybridized carbons (Fsp3) is 0.125. The number of aromatic nitrogens is 2. The predicted molar refractivity (Wildman–Crippen MR) is 104 cm³/mol. The standard InChI is InChI=1S/C16H14FN5O2S3/c17-11-5-3-10(4-6-11)8-18-15-21-22-16(27-15)26-9-13(23)19-20-14(24)12-2-1-7-25-12/h1-7H,8-9H2,(H,18,21)(H,19,23)(H,20,24). The van der Waals surface area contributed by atoms with Gasteiger partial charge in [0.25, 0.3) is 5.91 Å². The van der Waals surface area contributed by atoms with E-state index in [2.05, 4.69) is 26.4 Å². The summed E-state index contributed by atoms with van der Waals surface area (Å²) in [5, 5.41) is 13.5. The van der Waals surface area contributed by atoms with Gasteiger partial charge in [-0.2, -0.15) is 0 Å². The molecule has 0 radical (unpaired) electrons. The Bertz CT molecular complexity index is 899. The smallest absolute Gasteiger partial charge is 0.279 e. The number of thiophene rings is 1. The molecule has 140 valence electrons. The van der Waals surface area contributed by atoms with E-state index >= 15 is 0 Å². The van der Waals surface area contributed by atoms with Crippen LogP contribution in [0.5, 0.6) is 0 Å². The zero-order valence-electron chi connectivity index (χ0n) is 13.8. The second-order valence-electron chi connectivity index (χ2n) is 5.12. The van der Waals surface area contributed by atoms with Crippen molar-refractivity contribution in [1.82, 2.24) is 21.0 Å². The Hall–Kier alpha value is -2.50. The number of nitrogens with one attached hydrogen (secondary N) is 3. The van der Waals surface area contributed by atoms with E-state index in [4.69, 9.17) is 0 Å². The quantitative estimate of drug-likeness (QED) is 0.399. The molecule has 0 saturated carbocycles. The number of hydrogen-bond acceptors (Lipinski definition) is 8. The van der Waals surface area contributed by atoms with E-state index in [9.17, 15) is 14.0 Å². The Morgan fingerprint density at radius 3 is 2.67 bits per heavy atom. The third kappa shape index (κ3) is 6.01. The summed E-state index contributed by atoms with van der Waals surface area (Å²) >= 11 is 3.81. The number of carbonyl (C=O) groups is 2. The summed E-state index contributed by atoms with van der Waals surface area (Å²) in [6.45, 7) is 0.495. The van der Waals surface area contributed by atoms with Crippen molar-refractivity contribution < 1.29 is 14.0 Å². The highest BCUT2D eigenvalue weighted by atomic mass is 32.2. The molecule has 0 unspecified atom stereocenters. The van der Waals surface area contributed by atoms with Gasteiger partial charge in [0.05, 0.1) is 10.6 Å². The Labute approximate surface area is 166 Å². The van der Waals surface area contributed by atoms with Gasteiger partial charge in [0.1, 0.15) is 5.82 Å². The molecule has 2 amide bonds. The van der Waals surface area contributed by atoms with Crippen LogP contribution in [-0.2, 0) is 11.3 Å². The molecule has 3 rings (SSSR count). The van der Waals surface area contributed by atoms with E-state index in [1.165, 1.54) is 46.6 Å². The molecule has 0 saturated heterocycles. The summed E-state index contributed by atoms with van der Waals surface area (Å²) in [5.41, 5.74) is 5.63. The Morgan fingerprint density at radius 2 is 1.93 bits per heavy atom. The van der Waals surface area contributed by atoms with Crippen LogP contribution in [0.4, 0.5) is 9.52 Å². The molecule has 0 bridgehead atoms. The number of hydrogen-bond donors (Lipinski definition) is 3. The van der Waals surface area contributed by atoms with Crippen LogP contribution in [0.1, 0.15) is 15.2 Å². The van der Waals surface area contributed by atoms with E-state index in [1.54, 1.807) is 29.6 Å². The van der Waals surface area contributed by atoms with Crippen LogP contribution in [0.25, 0.3) is 0 Å². The molecular formula is C16H14FN5O2S3. The van der Waals surface area contributed by atoms with Crippen molar-refractivity contribution in [2.75, 3.05) is 11.1 Å². The van der Waals surface area contributed by atoms with Gasteiger partial charge in [-0.15, -0.1) is 21.5 Å². The molecule has 0 fully saturated rings. The highest BCUT2D eigenvalue weighted by molar-refractivity contribution is 8.01. The van der Waals surface area contributed by atoms with Gasteiger partial charge < -0.3 is 5.32 Å². The number of amides is 2. The number of thioether (sulfide) groups is 1. The summed E-state index contributed by atoms with van der Waals surface area (Å²) in [4.78, 5) is 24.0. The second-order valence-corrected chi connectivity index (χ2v) is 8.27. The number of nitrogens with zero attached hydrogens (tertiary/aromatic N) is 2. The summed E-state index contributed by atoms with van der Waals surface area (Å²) in [6.07, 6.45) is 0. The van der Waals surface area contributed by atoms with Crippen molar-refractivity contribution in [3.63, 3.8) is 0 Å². The Kier molecular flexibility index (Phi) is 6.74. The van der Waals surface area contributed by atoms with Gasteiger partial charge in [0.15, 0.2) is 4.34 Å². The van der Waals surface area contributed by atoms with Crippen molar-refractivity contribution in [2.45, 2.75) is 10.9 Å². The Morgan fingerprint density at radius 1 is 1.11 bits per heavy atom. The van der Waals surface area contributed by atoms with Crippen LogP contribution >= 0.6 is 34.4 Å². The van der Waals surface area contributed by atoms with Crippen molar-refractivity contribution in [2.24, 2.45) is 0 Å². The van der Waals surface area contributed by atoms with Gasteiger partial charge in [-0.1, -0.05) is 41.3 Å². The number of hydrazine groups is 1. The van der Waals surface area contributed by atoms with Crippen molar-refractivity contribution in [3.05, 3.63) is 58.0 Å². The third-order valence-corrected chi connectivity index (χ3v) is 6.03. The zero-order chi connectivity index (χ0) is 19.1. The number of carbonyl (C=O) groups excluding carboxylic acids is 2. The van der Waals surface area contributed by atoms with Crippen LogP contribution in [0.3, 0.4) is 0 Å². The largest absolute Gasteiger partial charge is 0.356 e. The monoisotopic (exact) mass is 423 g/mol. The molecular weight excluding hydrogens is 409 g/mol. The molecule has 7 nitrogen and oxygen atoms in total. The number of benzene rings is 1. The first kappa shape index (κ1) is 19.3. The number of anilines is 1. The fourth-order valence-corrected chi connectivity index (χ4v) is 4.05. The molecule has 2 heterocycles. The summed E-state index contributed by atoms with van der Waals surface area (Å²) in [5.74, 6) is -0.886. The number of halogens is 1. The minimum Gasteiger partial charge on any atom is -0.356 e. The molecule has 2 aromatic heterocycles. The summed E-state index contributed by atoms with van der Waals surface area (Å²) in [7, 11) is 0. The maximum atomic E-state index is 12.9. The van der Waals surface area contributed by atoms with Crippen molar-refractivity contribution in [1.29, 1.82) is 0 Å². The van der Waals surface area contributed by atoms with E-state index in [0.29, 0.717) is 20.9 Å². The summed E-state index contributed by atoms with van der Waals surface area (Å²) in [6, 6.07) is 9.60. The lowest BCUT2D eigenvalue weighted by atomic mass is 10.2. The molecule has 0 aliphatic carbocycles. The van der Waals surface area contributed by atoms with E-state index in [1.807, 2.05) is 0 Å². The third-order valence-electron chi connectivity index (χ3n) is 3.15. The minimum absolute atomic E-state index is 0.0946. The van der Waals surface area contributed by atoms with Crippen LogP contribution < -0.4 is 16.2 Å². The van der Waals surface area contributed by atoms with Gasteiger partial charge in [-0.25, -0.2) is 4.39 Å². The molecule has 0 aliphatic rings. The second kappa shape index (κ2) is 9.44. The van der Waals surface area contributed by atoms with Gasteiger partial charge in [0, 0.05) is 6.54 Å². The van der Waals surface area contributed by atoms with Crippen LogP contribution in [0, 0.1) is 5.82 Å². The molecule has 11 heteroatoms. The van der Waals surface area contributed by atoms with Crippen LogP contribution in [-0.4, -0.2) is 27.8 Å². The van der Waals surface area contributed by atoms with Gasteiger partial charge >= 0.3 is 0 Å². The average molecular weight is 424 g/mol. The van der Waals surface area contributed by atoms with Crippen molar-refractivity contribution in [3.8, 4) is 0 Å². The highest BCUT2D eigenvalue weighted by Crippen LogP contribution is 2.25. The lowest BCUT2D eigenvalue weighted by Gasteiger charge is -2.04. The van der Waals surface area contributed by atoms with Crippen molar-refractivity contribution >= 4 is 51.4 Å². The Balaban J connectivity index is 1.39. The first-order valence-electron chi connectivity index (χ1n) is 7.67. The van der Waals surface area contributed by atoms with Gasteiger partial charge in [-0.3, -0.25) is 20.4 Å². The zero-order valence-corrected chi connectivity index (χ0v) is 16.2. The average Bonchev–Trinajstić information content (AvgIpc) is 3.36.